The number of fused-ring (bicyclic) bond motifs is 1. The molecular weight excluding hydrogens is 190 g/mol. The van der Waals surface area contributed by atoms with E-state index in [1.54, 1.807) is 0 Å². The summed E-state index contributed by atoms with van der Waals surface area (Å²) in [4.78, 5) is 14.7. The molecule has 0 aliphatic carbocycles. The first-order chi connectivity index (χ1) is 6.18. The van der Waals surface area contributed by atoms with Gasteiger partial charge in [-0.05, 0) is 6.07 Å². The van der Waals surface area contributed by atoms with Crippen molar-refractivity contribution in [3.05, 3.63) is 29.1 Å². The van der Waals surface area contributed by atoms with Crippen LogP contribution in [0.25, 0.3) is 0 Å². The average molecular weight is 197 g/mol. The second kappa shape index (κ2) is 2.92. The first kappa shape index (κ1) is 8.37. The summed E-state index contributed by atoms with van der Waals surface area (Å²) in [5.74, 6) is -0.265. The van der Waals surface area contributed by atoms with Gasteiger partial charge in [0.05, 0.1) is 22.8 Å². The Morgan fingerprint density at radius 1 is 1.54 bits per heavy atom. The van der Waals surface area contributed by atoms with Crippen molar-refractivity contribution >= 4 is 16.8 Å². The van der Waals surface area contributed by atoms with Crippen LogP contribution in [0.2, 0.25) is 0 Å². The third-order valence-corrected chi connectivity index (χ3v) is 3.18. The van der Waals surface area contributed by atoms with Crippen molar-refractivity contribution < 1.29 is 14.1 Å². The minimum absolute atomic E-state index is 0.232. The van der Waals surface area contributed by atoms with E-state index >= 15 is 0 Å². The van der Waals surface area contributed by atoms with Crippen molar-refractivity contribution in [3.63, 3.8) is 0 Å². The monoisotopic (exact) mass is 197 g/mol. The van der Waals surface area contributed by atoms with Crippen molar-refractivity contribution in [1.82, 2.24) is 4.98 Å². The van der Waals surface area contributed by atoms with Crippen LogP contribution >= 0.6 is 0 Å². The molecule has 13 heavy (non-hydrogen) atoms. The molecule has 1 N–H and O–H groups in total. The highest BCUT2D eigenvalue weighted by Gasteiger charge is 2.23. The number of aromatic nitrogens is 1. The molecule has 0 saturated heterocycles. The lowest BCUT2D eigenvalue weighted by Crippen LogP contribution is -2.02. The van der Waals surface area contributed by atoms with E-state index in [0.29, 0.717) is 22.8 Å². The summed E-state index contributed by atoms with van der Waals surface area (Å²) in [6.45, 7) is 0. The Kier molecular flexibility index (Phi) is 1.88. The zero-order chi connectivity index (χ0) is 9.42. The van der Waals surface area contributed by atoms with Crippen LogP contribution in [0.5, 0.6) is 0 Å². The van der Waals surface area contributed by atoms with Gasteiger partial charge in [0.25, 0.3) is 0 Å². The number of rotatable bonds is 1. The van der Waals surface area contributed by atoms with E-state index in [9.17, 15) is 9.00 Å². The summed E-state index contributed by atoms with van der Waals surface area (Å²) < 4.78 is 11.2. The molecule has 2 rings (SSSR count). The van der Waals surface area contributed by atoms with Gasteiger partial charge < -0.3 is 5.11 Å². The Hall–Kier alpha value is -1.23. The Bertz CT molecular complexity index is 402. The quantitative estimate of drug-likeness (QED) is 0.713. The van der Waals surface area contributed by atoms with Crippen LogP contribution in [-0.4, -0.2) is 20.3 Å². The van der Waals surface area contributed by atoms with E-state index in [0.717, 1.165) is 0 Å². The molecule has 1 aromatic heterocycles. The highest BCUT2D eigenvalue weighted by Crippen LogP contribution is 2.23. The third kappa shape index (κ3) is 1.35. The number of hydrogen-bond donors (Lipinski definition) is 1. The number of carbonyl (C=O) groups is 1. The summed E-state index contributed by atoms with van der Waals surface area (Å²) in [6, 6.07) is 1.45. The van der Waals surface area contributed by atoms with Crippen LogP contribution < -0.4 is 0 Å². The van der Waals surface area contributed by atoms with Gasteiger partial charge in [-0.3, -0.25) is 9.19 Å². The number of nitrogens with zero attached hydrogens (tertiary/aromatic N) is 1. The van der Waals surface area contributed by atoms with E-state index in [2.05, 4.69) is 4.98 Å². The van der Waals surface area contributed by atoms with Gasteiger partial charge in [-0.2, -0.15) is 0 Å². The average Bonchev–Trinajstić information content (AvgIpc) is 2.43. The van der Waals surface area contributed by atoms with Gasteiger partial charge in [0.1, 0.15) is 0 Å². The van der Waals surface area contributed by atoms with E-state index in [1.165, 1.54) is 12.3 Å². The lowest BCUT2D eigenvalue weighted by Gasteiger charge is -2.00. The van der Waals surface area contributed by atoms with E-state index in [4.69, 9.17) is 5.11 Å². The van der Waals surface area contributed by atoms with Crippen molar-refractivity contribution in [1.29, 1.82) is 0 Å². The minimum Gasteiger partial charge on any atom is -0.478 e. The summed E-state index contributed by atoms with van der Waals surface area (Å²) >= 11 is 0. The van der Waals surface area contributed by atoms with E-state index < -0.39 is 16.8 Å². The fourth-order valence-corrected chi connectivity index (χ4v) is 2.69. The second-order valence-electron chi connectivity index (χ2n) is 2.82. The number of aromatic carboxylic acids is 1. The van der Waals surface area contributed by atoms with Gasteiger partial charge in [-0.15, -0.1) is 0 Å². The molecule has 68 valence electrons. The van der Waals surface area contributed by atoms with Crippen molar-refractivity contribution in [3.8, 4) is 0 Å². The Balaban J connectivity index is 2.57. The number of carboxylic acids is 1. The highest BCUT2D eigenvalue weighted by molar-refractivity contribution is 7.83. The van der Waals surface area contributed by atoms with Gasteiger partial charge in [0.15, 0.2) is 0 Å². The molecule has 1 aromatic rings. The molecule has 1 unspecified atom stereocenters. The molecule has 0 fully saturated rings. The first-order valence-electron chi connectivity index (χ1n) is 3.73. The maximum atomic E-state index is 11.2. The summed E-state index contributed by atoms with van der Waals surface area (Å²) in [5, 5.41) is 8.81. The molecule has 1 atom stereocenters. The van der Waals surface area contributed by atoms with E-state index in [1.807, 2.05) is 0 Å². The van der Waals surface area contributed by atoms with Crippen molar-refractivity contribution in [2.45, 2.75) is 11.5 Å². The molecule has 0 radical (unpaired) electrons. The minimum atomic E-state index is -0.974. The SMILES string of the molecule is O=C(O)c1ccnc2c1CS(=O)C2. The van der Waals surface area contributed by atoms with Crippen LogP contribution in [0.4, 0.5) is 0 Å². The maximum absolute atomic E-state index is 11.2. The topological polar surface area (TPSA) is 67.3 Å². The van der Waals surface area contributed by atoms with Crippen molar-refractivity contribution in [2.24, 2.45) is 0 Å². The van der Waals surface area contributed by atoms with Crippen LogP contribution in [0, 0.1) is 0 Å². The molecule has 0 aromatic carbocycles. The van der Waals surface area contributed by atoms with Crippen LogP contribution in [-0.2, 0) is 22.3 Å². The van der Waals surface area contributed by atoms with Gasteiger partial charge in [-0.25, -0.2) is 4.79 Å². The molecular formula is C8H7NO3S. The largest absolute Gasteiger partial charge is 0.478 e. The van der Waals surface area contributed by atoms with Crippen LogP contribution in [0.1, 0.15) is 21.6 Å². The molecule has 5 heteroatoms. The smallest absolute Gasteiger partial charge is 0.336 e. The van der Waals surface area contributed by atoms with Gasteiger partial charge in [0, 0.05) is 22.6 Å². The molecule has 1 aliphatic rings. The molecule has 0 saturated carbocycles. The maximum Gasteiger partial charge on any atom is 0.336 e. The lowest BCUT2D eigenvalue weighted by atomic mass is 10.1. The Morgan fingerprint density at radius 2 is 2.31 bits per heavy atom. The number of carboxylic acid groups (broad SMARTS) is 1. The van der Waals surface area contributed by atoms with Gasteiger partial charge >= 0.3 is 5.97 Å². The highest BCUT2D eigenvalue weighted by atomic mass is 32.2. The van der Waals surface area contributed by atoms with Gasteiger partial charge in [0.2, 0.25) is 0 Å². The molecule has 2 heterocycles. The Labute approximate surface area is 77.1 Å². The summed E-state index contributed by atoms with van der Waals surface area (Å²) in [6.07, 6.45) is 1.45. The molecule has 4 nitrogen and oxygen atoms in total. The lowest BCUT2D eigenvalue weighted by molar-refractivity contribution is 0.0696. The van der Waals surface area contributed by atoms with Crippen LogP contribution in [0.3, 0.4) is 0 Å². The zero-order valence-electron chi connectivity index (χ0n) is 6.69. The first-order valence-corrected chi connectivity index (χ1v) is 5.22. The second-order valence-corrected chi connectivity index (χ2v) is 4.27. The van der Waals surface area contributed by atoms with Crippen molar-refractivity contribution in [2.75, 3.05) is 0 Å². The molecule has 1 aliphatic heterocycles. The fourth-order valence-electron chi connectivity index (χ4n) is 1.39. The summed E-state index contributed by atoms with van der Waals surface area (Å²) in [7, 11) is -0.972. The molecule has 0 bridgehead atoms. The Morgan fingerprint density at radius 3 is 3.00 bits per heavy atom. The third-order valence-electron chi connectivity index (χ3n) is 1.98. The standard InChI is InChI=1S/C8H7NO3S/c10-8(11)5-1-2-9-7-4-13(12)3-6(5)7/h1-2H,3-4H2,(H,10,11). The molecule has 0 amide bonds. The number of pyridine rings is 1. The fraction of sp³-hybridized carbons (Fsp3) is 0.250. The number of hydrogen-bond acceptors (Lipinski definition) is 3. The van der Waals surface area contributed by atoms with Crippen LogP contribution in [0.15, 0.2) is 12.3 Å². The summed E-state index contributed by atoms with van der Waals surface area (Å²) in [5.41, 5.74) is 1.53. The van der Waals surface area contributed by atoms with Gasteiger partial charge in [-0.1, -0.05) is 0 Å². The predicted octanol–water partition coefficient (Wildman–Crippen LogP) is 0.542. The molecule has 0 spiro atoms. The predicted molar refractivity (Wildman–Crippen MR) is 46.7 cm³/mol. The van der Waals surface area contributed by atoms with E-state index in [-0.39, 0.29) is 5.56 Å². The zero-order valence-corrected chi connectivity index (χ0v) is 7.50. The normalized spacial score (nSPS) is 19.8.